The van der Waals surface area contributed by atoms with Crippen LogP contribution in [0.5, 0.6) is 0 Å². The molecule has 18 heavy (non-hydrogen) atoms. The second kappa shape index (κ2) is 4.86. The molecule has 0 amide bonds. The summed E-state index contributed by atoms with van der Waals surface area (Å²) in [5.74, 6) is 0.633. The number of likely N-dealkylation sites (N-methyl/N-ethyl adjacent to an activating group) is 1. The van der Waals surface area contributed by atoms with Crippen LogP contribution in [-0.2, 0) is 0 Å². The first-order valence-electron chi connectivity index (χ1n) is 6.36. The normalized spacial score (nSPS) is 21.1. The van der Waals surface area contributed by atoms with Gasteiger partial charge in [0.15, 0.2) is 0 Å². The van der Waals surface area contributed by atoms with Gasteiger partial charge in [0, 0.05) is 12.6 Å². The molecule has 94 valence electrons. The number of fused-ring (bicyclic) bond motifs is 1. The lowest BCUT2D eigenvalue weighted by Gasteiger charge is -2.30. The van der Waals surface area contributed by atoms with E-state index in [1.54, 1.807) is 0 Å². The van der Waals surface area contributed by atoms with Gasteiger partial charge in [0.25, 0.3) is 0 Å². The van der Waals surface area contributed by atoms with Gasteiger partial charge in [-0.1, -0.05) is 12.1 Å². The molecule has 1 saturated heterocycles. The van der Waals surface area contributed by atoms with Gasteiger partial charge in [-0.15, -0.1) is 10.2 Å². The zero-order valence-corrected chi connectivity index (χ0v) is 10.5. The molecule has 0 bridgehead atoms. The van der Waals surface area contributed by atoms with Gasteiger partial charge >= 0.3 is 0 Å². The maximum atomic E-state index is 4.49. The van der Waals surface area contributed by atoms with Crippen LogP contribution in [0, 0.1) is 0 Å². The standard InChI is InChI=1S/C13H17N5/c1-18-8-4-5-10(9-18)14-13-15-11-6-2-3-7-12(11)16-17-13/h2-3,6-7,10H,4-5,8-9H2,1H3,(H,14,15,17). The fourth-order valence-electron chi connectivity index (χ4n) is 2.41. The third-order valence-corrected chi connectivity index (χ3v) is 3.32. The van der Waals surface area contributed by atoms with Crippen LogP contribution in [-0.4, -0.2) is 46.3 Å². The van der Waals surface area contributed by atoms with Crippen LogP contribution >= 0.6 is 0 Å². The highest BCUT2D eigenvalue weighted by Gasteiger charge is 2.17. The van der Waals surface area contributed by atoms with Gasteiger partial charge in [0.1, 0.15) is 5.52 Å². The zero-order chi connectivity index (χ0) is 12.4. The number of piperidine rings is 1. The predicted molar refractivity (Wildman–Crippen MR) is 71.5 cm³/mol. The van der Waals surface area contributed by atoms with E-state index in [2.05, 4.69) is 32.4 Å². The van der Waals surface area contributed by atoms with Crippen LogP contribution in [0.2, 0.25) is 0 Å². The number of nitrogens with zero attached hydrogens (tertiary/aromatic N) is 4. The van der Waals surface area contributed by atoms with Crippen molar-refractivity contribution < 1.29 is 0 Å². The fraction of sp³-hybridized carbons (Fsp3) is 0.462. The molecule has 0 spiro atoms. The van der Waals surface area contributed by atoms with Gasteiger partial charge in [-0.3, -0.25) is 0 Å². The van der Waals surface area contributed by atoms with E-state index in [0.717, 1.165) is 17.6 Å². The van der Waals surface area contributed by atoms with Crippen molar-refractivity contribution in [2.75, 3.05) is 25.5 Å². The van der Waals surface area contributed by atoms with E-state index in [1.165, 1.54) is 19.4 Å². The third-order valence-electron chi connectivity index (χ3n) is 3.32. The summed E-state index contributed by atoms with van der Waals surface area (Å²) >= 11 is 0. The minimum atomic E-state index is 0.423. The van der Waals surface area contributed by atoms with E-state index in [4.69, 9.17) is 0 Å². The van der Waals surface area contributed by atoms with Gasteiger partial charge in [-0.05, 0) is 38.6 Å². The maximum absolute atomic E-state index is 4.49. The van der Waals surface area contributed by atoms with Crippen molar-refractivity contribution in [1.82, 2.24) is 20.1 Å². The van der Waals surface area contributed by atoms with E-state index in [9.17, 15) is 0 Å². The minimum absolute atomic E-state index is 0.423. The van der Waals surface area contributed by atoms with Crippen LogP contribution in [0.25, 0.3) is 11.0 Å². The number of nitrogens with one attached hydrogen (secondary N) is 1. The Balaban J connectivity index is 1.78. The van der Waals surface area contributed by atoms with Crippen molar-refractivity contribution in [3.8, 4) is 0 Å². The summed E-state index contributed by atoms with van der Waals surface area (Å²) in [5, 5.41) is 11.7. The molecular formula is C13H17N5. The smallest absolute Gasteiger partial charge is 0.243 e. The summed E-state index contributed by atoms with van der Waals surface area (Å²) in [6.07, 6.45) is 2.38. The number of benzene rings is 1. The molecule has 3 rings (SSSR count). The summed E-state index contributed by atoms with van der Waals surface area (Å²) in [4.78, 5) is 6.82. The molecule has 1 unspecified atom stereocenters. The Labute approximate surface area is 106 Å². The molecule has 2 aromatic rings. The lowest BCUT2D eigenvalue weighted by molar-refractivity contribution is 0.260. The van der Waals surface area contributed by atoms with Gasteiger partial charge in [-0.25, -0.2) is 4.98 Å². The molecule has 0 saturated carbocycles. The topological polar surface area (TPSA) is 53.9 Å². The summed E-state index contributed by atoms with van der Waals surface area (Å²) in [5.41, 5.74) is 1.72. The monoisotopic (exact) mass is 243 g/mol. The Morgan fingerprint density at radius 1 is 1.22 bits per heavy atom. The van der Waals surface area contributed by atoms with Crippen molar-refractivity contribution in [2.24, 2.45) is 0 Å². The second-order valence-electron chi connectivity index (χ2n) is 4.87. The summed E-state index contributed by atoms with van der Waals surface area (Å²) in [7, 11) is 2.15. The van der Waals surface area contributed by atoms with Crippen LogP contribution < -0.4 is 5.32 Å². The molecule has 1 fully saturated rings. The Morgan fingerprint density at radius 3 is 2.89 bits per heavy atom. The van der Waals surface area contributed by atoms with E-state index in [-0.39, 0.29) is 0 Å². The highest BCUT2D eigenvalue weighted by molar-refractivity contribution is 5.74. The highest BCUT2D eigenvalue weighted by Crippen LogP contribution is 2.14. The number of para-hydroxylation sites is 1. The molecule has 1 atom stereocenters. The average Bonchev–Trinajstić information content (AvgIpc) is 2.39. The van der Waals surface area contributed by atoms with E-state index in [1.807, 2.05) is 24.3 Å². The molecule has 0 aliphatic carbocycles. The molecule has 0 radical (unpaired) electrons. The van der Waals surface area contributed by atoms with Gasteiger partial charge < -0.3 is 10.2 Å². The molecule has 1 aliphatic heterocycles. The first-order chi connectivity index (χ1) is 8.81. The Hall–Kier alpha value is -1.75. The van der Waals surface area contributed by atoms with Crippen molar-refractivity contribution in [3.05, 3.63) is 24.3 Å². The van der Waals surface area contributed by atoms with Gasteiger partial charge in [-0.2, -0.15) is 0 Å². The summed E-state index contributed by atoms with van der Waals surface area (Å²) in [6, 6.07) is 8.22. The number of aromatic nitrogens is 3. The molecule has 1 N–H and O–H groups in total. The largest absolute Gasteiger partial charge is 0.349 e. The van der Waals surface area contributed by atoms with Crippen LogP contribution in [0.4, 0.5) is 5.95 Å². The lowest BCUT2D eigenvalue weighted by atomic mass is 10.1. The van der Waals surface area contributed by atoms with Crippen molar-refractivity contribution in [3.63, 3.8) is 0 Å². The summed E-state index contributed by atoms with van der Waals surface area (Å²) in [6.45, 7) is 2.21. The van der Waals surface area contributed by atoms with E-state index < -0.39 is 0 Å². The quantitative estimate of drug-likeness (QED) is 0.867. The number of hydrogen-bond acceptors (Lipinski definition) is 5. The highest BCUT2D eigenvalue weighted by atomic mass is 15.3. The Bertz CT molecular complexity index is 542. The first-order valence-corrected chi connectivity index (χ1v) is 6.36. The zero-order valence-electron chi connectivity index (χ0n) is 10.5. The van der Waals surface area contributed by atoms with Gasteiger partial charge in [0.05, 0.1) is 5.52 Å². The Morgan fingerprint density at radius 2 is 2.06 bits per heavy atom. The molecule has 2 heterocycles. The van der Waals surface area contributed by atoms with Crippen LogP contribution in [0.15, 0.2) is 24.3 Å². The molecule has 5 heteroatoms. The maximum Gasteiger partial charge on any atom is 0.243 e. The van der Waals surface area contributed by atoms with E-state index in [0.29, 0.717) is 12.0 Å². The van der Waals surface area contributed by atoms with Crippen LogP contribution in [0.3, 0.4) is 0 Å². The van der Waals surface area contributed by atoms with Crippen molar-refractivity contribution in [2.45, 2.75) is 18.9 Å². The Kier molecular flexibility index (Phi) is 3.06. The fourth-order valence-corrected chi connectivity index (χ4v) is 2.41. The third kappa shape index (κ3) is 2.41. The second-order valence-corrected chi connectivity index (χ2v) is 4.87. The molecule has 1 aromatic carbocycles. The molecule has 1 aromatic heterocycles. The SMILES string of the molecule is CN1CCCC(Nc2nnc3ccccc3n2)C1. The number of likely N-dealkylation sites (tertiary alicyclic amines) is 1. The molecule has 5 nitrogen and oxygen atoms in total. The van der Waals surface area contributed by atoms with Gasteiger partial charge in [0.2, 0.25) is 5.95 Å². The summed E-state index contributed by atoms with van der Waals surface area (Å²) < 4.78 is 0. The number of anilines is 1. The lowest BCUT2D eigenvalue weighted by Crippen LogP contribution is -2.40. The van der Waals surface area contributed by atoms with E-state index >= 15 is 0 Å². The van der Waals surface area contributed by atoms with Crippen molar-refractivity contribution >= 4 is 17.0 Å². The number of rotatable bonds is 2. The average molecular weight is 243 g/mol. The first kappa shape index (κ1) is 11.3. The number of hydrogen-bond donors (Lipinski definition) is 1. The van der Waals surface area contributed by atoms with Crippen molar-refractivity contribution in [1.29, 1.82) is 0 Å². The molecular weight excluding hydrogens is 226 g/mol. The molecule has 1 aliphatic rings. The van der Waals surface area contributed by atoms with Crippen LogP contribution in [0.1, 0.15) is 12.8 Å². The minimum Gasteiger partial charge on any atom is -0.349 e. The predicted octanol–water partition coefficient (Wildman–Crippen LogP) is 1.53.